The van der Waals surface area contributed by atoms with E-state index in [0.717, 1.165) is 6.07 Å². The molecule has 0 bridgehead atoms. The highest BCUT2D eigenvalue weighted by molar-refractivity contribution is 7.71. The lowest BCUT2D eigenvalue weighted by Crippen LogP contribution is -2.26. The smallest absolute Gasteiger partial charge is 0.364 e. The van der Waals surface area contributed by atoms with Gasteiger partial charge in [-0.15, -0.1) is 0 Å². The van der Waals surface area contributed by atoms with Gasteiger partial charge in [0.1, 0.15) is 0 Å². The number of halogens is 3. The van der Waals surface area contributed by atoms with E-state index in [0.29, 0.717) is 6.07 Å². The minimum atomic E-state index is -5.69. The van der Waals surface area contributed by atoms with Gasteiger partial charge in [0.05, 0.1) is 10.0 Å². The SMILES string of the molecule is O=P(O)(O)C(O)(c1cc(Cl)c(Cl)cc1Cl)P(=O)(O)O. The highest BCUT2D eigenvalue weighted by Crippen LogP contribution is 2.73. The van der Waals surface area contributed by atoms with Crippen LogP contribution >= 0.6 is 50.0 Å². The van der Waals surface area contributed by atoms with Gasteiger partial charge >= 0.3 is 15.2 Å². The Morgan fingerprint density at radius 3 is 1.58 bits per heavy atom. The standard InChI is InChI=1S/C7H7Cl3O7P2/c8-4-2-6(10)5(9)1-3(4)7(11,18(12,13)14)19(15,16)17/h1-2,11H,(H2,12,13,14)(H2,15,16,17). The normalized spacial score (nSPS) is 13.7. The molecule has 1 rings (SSSR count). The average molecular weight is 371 g/mol. The first-order valence-electron chi connectivity index (χ1n) is 4.31. The Hall–Kier alpha value is 0.350. The fraction of sp³-hybridized carbons (Fsp3) is 0.143. The second kappa shape index (κ2) is 5.28. The van der Waals surface area contributed by atoms with Crippen molar-refractivity contribution < 1.29 is 33.8 Å². The molecule has 1 aromatic rings. The van der Waals surface area contributed by atoms with E-state index in [1.165, 1.54) is 0 Å². The highest BCUT2D eigenvalue weighted by Gasteiger charge is 2.61. The maximum absolute atomic E-state index is 11.3. The van der Waals surface area contributed by atoms with Crippen LogP contribution < -0.4 is 0 Å². The predicted molar refractivity (Wildman–Crippen MR) is 69.5 cm³/mol. The van der Waals surface area contributed by atoms with Gasteiger partial charge in [-0.3, -0.25) is 9.13 Å². The van der Waals surface area contributed by atoms with E-state index in [-0.39, 0.29) is 10.0 Å². The van der Waals surface area contributed by atoms with Crippen molar-refractivity contribution in [3.63, 3.8) is 0 Å². The number of benzene rings is 1. The van der Waals surface area contributed by atoms with Gasteiger partial charge in [0, 0.05) is 10.6 Å². The molecule has 0 saturated heterocycles. The van der Waals surface area contributed by atoms with Crippen LogP contribution in [0.15, 0.2) is 12.1 Å². The van der Waals surface area contributed by atoms with E-state index in [9.17, 15) is 14.2 Å². The van der Waals surface area contributed by atoms with Crippen LogP contribution in [0.1, 0.15) is 5.56 Å². The summed E-state index contributed by atoms with van der Waals surface area (Å²) >= 11 is 16.8. The van der Waals surface area contributed by atoms with Gasteiger partial charge in [-0.25, -0.2) is 0 Å². The molecular weight excluding hydrogens is 364 g/mol. The summed E-state index contributed by atoms with van der Waals surface area (Å²) in [5, 5.41) is 5.08. The molecule has 0 aliphatic heterocycles. The van der Waals surface area contributed by atoms with Crippen molar-refractivity contribution in [1.29, 1.82) is 0 Å². The molecule has 0 spiro atoms. The third kappa shape index (κ3) is 3.01. The van der Waals surface area contributed by atoms with Crippen molar-refractivity contribution >= 4 is 50.0 Å². The topological polar surface area (TPSA) is 135 Å². The van der Waals surface area contributed by atoms with Crippen LogP contribution in [-0.4, -0.2) is 24.7 Å². The molecule has 7 nitrogen and oxygen atoms in total. The van der Waals surface area contributed by atoms with E-state index >= 15 is 0 Å². The molecular formula is C7H7Cl3O7P2. The zero-order valence-electron chi connectivity index (χ0n) is 8.74. The maximum atomic E-state index is 11.3. The Morgan fingerprint density at radius 2 is 1.21 bits per heavy atom. The predicted octanol–water partition coefficient (Wildman–Crippen LogP) is 2.10. The van der Waals surface area contributed by atoms with Crippen molar-refractivity contribution in [3.8, 4) is 0 Å². The lowest BCUT2D eigenvalue weighted by Gasteiger charge is -2.30. The van der Waals surface area contributed by atoms with Crippen molar-refractivity contribution in [3.05, 3.63) is 32.8 Å². The molecule has 5 N–H and O–H groups in total. The minimum Gasteiger partial charge on any atom is -0.364 e. The molecule has 0 amide bonds. The van der Waals surface area contributed by atoms with Crippen LogP contribution in [0.4, 0.5) is 0 Å². The van der Waals surface area contributed by atoms with Crippen LogP contribution in [0.25, 0.3) is 0 Å². The van der Waals surface area contributed by atoms with Gasteiger partial charge in [-0.05, 0) is 12.1 Å². The summed E-state index contributed by atoms with van der Waals surface area (Å²) in [6.07, 6.45) is 0. The zero-order valence-corrected chi connectivity index (χ0v) is 12.8. The van der Waals surface area contributed by atoms with E-state index in [2.05, 4.69) is 0 Å². The number of rotatable bonds is 3. The lowest BCUT2D eigenvalue weighted by molar-refractivity contribution is 0.131. The van der Waals surface area contributed by atoms with Crippen molar-refractivity contribution in [2.75, 3.05) is 0 Å². The Kier molecular flexibility index (Phi) is 4.83. The van der Waals surface area contributed by atoms with Gasteiger partial charge < -0.3 is 24.7 Å². The van der Waals surface area contributed by atoms with Gasteiger partial charge in [-0.1, -0.05) is 34.8 Å². The molecule has 0 heterocycles. The third-order valence-corrected chi connectivity index (χ3v) is 6.89. The molecule has 0 aromatic heterocycles. The first-order valence-corrected chi connectivity index (χ1v) is 8.67. The summed E-state index contributed by atoms with van der Waals surface area (Å²) in [6.45, 7) is 0. The molecule has 19 heavy (non-hydrogen) atoms. The molecule has 0 atom stereocenters. The second-order valence-corrected chi connectivity index (χ2v) is 8.51. The molecule has 1 aromatic carbocycles. The average Bonchev–Trinajstić information content (AvgIpc) is 2.19. The summed E-state index contributed by atoms with van der Waals surface area (Å²) in [5.41, 5.74) is -0.912. The lowest BCUT2D eigenvalue weighted by atomic mass is 10.2. The monoisotopic (exact) mass is 370 g/mol. The third-order valence-electron chi connectivity index (χ3n) is 2.18. The van der Waals surface area contributed by atoms with E-state index in [1.54, 1.807) is 0 Å². The fourth-order valence-corrected chi connectivity index (χ4v) is 4.43. The maximum Gasteiger partial charge on any atom is 0.374 e. The van der Waals surface area contributed by atoms with Gasteiger partial charge in [0.25, 0.3) is 5.08 Å². The van der Waals surface area contributed by atoms with Gasteiger partial charge in [0.2, 0.25) is 0 Å². The summed E-state index contributed by atoms with van der Waals surface area (Å²) in [5.74, 6) is 0. The number of hydrogen-bond donors (Lipinski definition) is 5. The van der Waals surface area contributed by atoms with Crippen LogP contribution in [-0.2, 0) is 14.2 Å². The fourth-order valence-electron chi connectivity index (χ4n) is 1.26. The first kappa shape index (κ1) is 17.4. The van der Waals surface area contributed by atoms with E-state index in [4.69, 9.17) is 54.4 Å². The van der Waals surface area contributed by atoms with Crippen LogP contribution in [0, 0.1) is 0 Å². The van der Waals surface area contributed by atoms with E-state index < -0.39 is 30.9 Å². The summed E-state index contributed by atoms with van der Waals surface area (Å²) in [7, 11) is -11.4. The Balaban J connectivity index is 3.77. The minimum absolute atomic E-state index is 0.116. The number of aliphatic hydroxyl groups is 1. The summed E-state index contributed by atoms with van der Waals surface area (Å²) < 4.78 is 22.5. The number of hydrogen-bond acceptors (Lipinski definition) is 3. The first-order chi connectivity index (χ1) is 8.32. The van der Waals surface area contributed by atoms with Gasteiger partial charge in [-0.2, -0.15) is 0 Å². The van der Waals surface area contributed by atoms with Gasteiger partial charge in [0.15, 0.2) is 0 Å². The second-order valence-electron chi connectivity index (χ2n) is 3.47. The molecule has 0 fully saturated rings. The largest absolute Gasteiger partial charge is 0.374 e. The van der Waals surface area contributed by atoms with Crippen LogP contribution in [0.3, 0.4) is 0 Å². The Labute approximate surface area is 122 Å². The zero-order chi connectivity index (χ0) is 15.2. The molecule has 0 unspecified atom stereocenters. The Bertz CT molecular complexity index is 585. The molecule has 0 saturated carbocycles. The van der Waals surface area contributed by atoms with Crippen molar-refractivity contribution in [2.24, 2.45) is 0 Å². The van der Waals surface area contributed by atoms with Crippen LogP contribution in [0.2, 0.25) is 15.1 Å². The van der Waals surface area contributed by atoms with Crippen molar-refractivity contribution in [1.82, 2.24) is 0 Å². The van der Waals surface area contributed by atoms with E-state index in [1.807, 2.05) is 0 Å². The van der Waals surface area contributed by atoms with Crippen LogP contribution in [0.5, 0.6) is 0 Å². The highest BCUT2D eigenvalue weighted by atomic mass is 35.5. The molecule has 108 valence electrons. The molecule has 0 radical (unpaired) electrons. The quantitative estimate of drug-likeness (QED) is 0.405. The Morgan fingerprint density at radius 1 is 0.842 bits per heavy atom. The van der Waals surface area contributed by atoms with Crippen molar-refractivity contribution in [2.45, 2.75) is 5.08 Å². The summed E-state index contributed by atoms with van der Waals surface area (Å²) in [4.78, 5) is 36.2. The molecule has 12 heteroatoms. The molecule has 0 aliphatic rings. The summed E-state index contributed by atoms with van der Waals surface area (Å²) in [6, 6.07) is 1.58. The molecule has 0 aliphatic carbocycles.